The summed E-state index contributed by atoms with van der Waals surface area (Å²) in [6, 6.07) is 3.97. The average Bonchev–Trinajstić information content (AvgIpc) is 3.06. The second kappa shape index (κ2) is 6.75. The van der Waals surface area contributed by atoms with Crippen LogP contribution in [0.15, 0.2) is 30.7 Å². The molecule has 3 heterocycles. The number of methoxy groups -OCH3 is 1. The Bertz CT molecular complexity index is 637. The van der Waals surface area contributed by atoms with Crippen LogP contribution in [0.4, 0.5) is 0 Å². The summed E-state index contributed by atoms with van der Waals surface area (Å²) >= 11 is 0. The largest absolute Gasteiger partial charge is 0.380 e. The zero-order valence-electron chi connectivity index (χ0n) is 12.8. The zero-order valence-corrected chi connectivity index (χ0v) is 12.8. The van der Waals surface area contributed by atoms with Crippen molar-refractivity contribution < 1.29 is 9.53 Å². The van der Waals surface area contributed by atoms with Crippen LogP contribution in [0, 0.1) is 0 Å². The first-order valence-electron chi connectivity index (χ1n) is 7.61. The van der Waals surface area contributed by atoms with Gasteiger partial charge in [-0.3, -0.25) is 9.78 Å². The SMILES string of the molecule is COCc1cncc2c1CCN(C(=O)CCc1ccc[nH]1)C2. The summed E-state index contributed by atoms with van der Waals surface area (Å²) in [4.78, 5) is 21.7. The molecule has 0 atom stereocenters. The number of amides is 1. The number of carbonyl (C=O) groups excluding carboxylic acids is 1. The van der Waals surface area contributed by atoms with E-state index in [1.165, 1.54) is 5.56 Å². The molecule has 0 radical (unpaired) electrons. The number of rotatable bonds is 5. The van der Waals surface area contributed by atoms with E-state index >= 15 is 0 Å². The first kappa shape index (κ1) is 14.8. The molecule has 0 spiro atoms. The number of fused-ring (bicyclic) bond motifs is 1. The van der Waals surface area contributed by atoms with E-state index in [-0.39, 0.29) is 5.91 Å². The zero-order chi connectivity index (χ0) is 15.4. The highest BCUT2D eigenvalue weighted by Crippen LogP contribution is 2.22. The van der Waals surface area contributed by atoms with Crippen molar-refractivity contribution in [3.05, 3.63) is 53.1 Å². The highest BCUT2D eigenvalue weighted by atomic mass is 16.5. The van der Waals surface area contributed by atoms with Crippen molar-refractivity contribution in [2.45, 2.75) is 32.4 Å². The van der Waals surface area contributed by atoms with Crippen molar-refractivity contribution in [1.82, 2.24) is 14.9 Å². The first-order valence-corrected chi connectivity index (χ1v) is 7.61. The van der Waals surface area contributed by atoms with Gasteiger partial charge in [-0.05, 0) is 41.7 Å². The third kappa shape index (κ3) is 3.20. The summed E-state index contributed by atoms with van der Waals surface area (Å²) in [5.41, 5.74) is 4.69. The second-order valence-electron chi connectivity index (χ2n) is 5.63. The predicted octanol–water partition coefficient (Wildman–Crippen LogP) is 2.07. The minimum absolute atomic E-state index is 0.206. The van der Waals surface area contributed by atoms with Gasteiger partial charge in [0.05, 0.1) is 6.61 Å². The predicted molar refractivity (Wildman–Crippen MR) is 83.2 cm³/mol. The second-order valence-corrected chi connectivity index (χ2v) is 5.63. The minimum atomic E-state index is 0.206. The van der Waals surface area contributed by atoms with Crippen LogP contribution < -0.4 is 0 Å². The number of carbonyl (C=O) groups is 1. The quantitative estimate of drug-likeness (QED) is 0.919. The van der Waals surface area contributed by atoms with Gasteiger partial charge in [-0.15, -0.1) is 0 Å². The molecule has 1 aliphatic heterocycles. The molecule has 0 aliphatic carbocycles. The number of ether oxygens (including phenoxy) is 1. The maximum absolute atomic E-state index is 12.4. The van der Waals surface area contributed by atoms with Crippen LogP contribution in [0.25, 0.3) is 0 Å². The Hall–Kier alpha value is -2.14. The van der Waals surface area contributed by atoms with E-state index in [4.69, 9.17) is 4.74 Å². The maximum Gasteiger partial charge on any atom is 0.223 e. The Morgan fingerprint density at radius 3 is 3.14 bits per heavy atom. The molecule has 3 rings (SSSR count). The molecular formula is C17H21N3O2. The van der Waals surface area contributed by atoms with E-state index in [1.807, 2.05) is 35.6 Å². The average molecular weight is 299 g/mol. The molecule has 2 aromatic heterocycles. The van der Waals surface area contributed by atoms with Crippen molar-refractivity contribution in [3.8, 4) is 0 Å². The first-order chi connectivity index (χ1) is 10.8. The molecule has 0 fully saturated rings. The van der Waals surface area contributed by atoms with Crippen molar-refractivity contribution in [2.75, 3.05) is 13.7 Å². The van der Waals surface area contributed by atoms with Crippen molar-refractivity contribution in [1.29, 1.82) is 0 Å². The third-order valence-electron chi connectivity index (χ3n) is 4.15. The van der Waals surface area contributed by atoms with Gasteiger partial charge in [0.25, 0.3) is 0 Å². The number of nitrogens with zero attached hydrogens (tertiary/aromatic N) is 2. The summed E-state index contributed by atoms with van der Waals surface area (Å²) in [6.07, 6.45) is 7.81. The lowest BCUT2D eigenvalue weighted by molar-refractivity contribution is -0.132. The number of pyridine rings is 1. The van der Waals surface area contributed by atoms with Crippen LogP contribution in [0.2, 0.25) is 0 Å². The van der Waals surface area contributed by atoms with Gasteiger partial charge in [-0.2, -0.15) is 0 Å². The highest BCUT2D eigenvalue weighted by molar-refractivity contribution is 5.76. The molecule has 5 heteroatoms. The Morgan fingerprint density at radius 1 is 1.45 bits per heavy atom. The van der Waals surface area contributed by atoms with Crippen molar-refractivity contribution in [2.24, 2.45) is 0 Å². The minimum Gasteiger partial charge on any atom is -0.380 e. The summed E-state index contributed by atoms with van der Waals surface area (Å²) in [5, 5.41) is 0. The number of hydrogen-bond donors (Lipinski definition) is 1. The van der Waals surface area contributed by atoms with Gasteiger partial charge in [0.15, 0.2) is 0 Å². The Balaban J connectivity index is 1.63. The van der Waals surface area contributed by atoms with E-state index in [1.54, 1.807) is 7.11 Å². The van der Waals surface area contributed by atoms with Gasteiger partial charge >= 0.3 is 0 Å². The van der Waals surface area contributed by atoms with Crippen LogP contribution in [-0.2, 0) is 35.5 Å². The molecule has 0 aromatic carbocycles. The summed E-state index contributed by atoms with van der Waals surface area (Å²) < 4.78 is 5.22. The molecule has 116 valence electrons. The molecule has 0 saturated heterocycles. The van der Waals surface area contributed by atoms with E-state index in [0.29, 0.717) is 19.6 Å². The molecule has 5 nitrogen and oxygen atoms in total. The number of nitrogens with one attached hydrogen (secondary N) is 1. The summed E-state index contributed by atoms with van der Waals surface area (Å²) in [6.45, 7) is 2.01. The van der Waals surface area contributed by atoms with E-state index < -0.39 is 0 Å². The fraction of sp³-hybridized carbons (Fsp3) is 0.412. The van der Waals surface area contributed by atoms with Gasteiger partial charge in [-0.25, -0.2) is 0 Å². The topological polar surface area (TPSA) is 58.2 Å². The van der Waals surface area contributed by atoms with Crippen LogP contribution >= 0.6 is 0 Å². The van der Waals surface area contributed by atoms with Gasteiger partial charge < -0.3 is 14.6 Å². The molecule has 1 amide bonds. The van der Waals surface area contributed by atoms with E-state index in [9.17, 15) is 4.79 Å². The van der Waals surface area contributed by atoms with Gasteiger partial charge in [0.1, 0.15) is 0 Å². The standard InChI is InChI=1S/C17H21N3O2/c1-22-12-14-10-18-9-13-11-20(8-6-16(13)14)17(21)5-4-15-3-2-7-19-15/h2-3,7,9-10,19H,4-6,8,11-12H2,1H3. The number of hydrogen-bond acceptors (Lipinski definition) is 3. The van der Waals surface area contributed by atoms with Crippen molar-refractivity contribution >= 4 is 5.91 Å². The highest BCUT2D eigenvalue weighted by Gasteiger charge is 2.22. The Kier molecular flexibility index (Phi) is 4.53. The fourth-order valence-corrected chi connectivity index (χ4v) is 2.98. The fourth-order valence-electron chi connectivity index (χ4n) is 2.98. The number of aromatic nitrogens is 2. The van der Waals surface area contributed by atoms with E-state index in [0.717, 1.165) is 36.2 Å². The lowest BCUT2D eigenvalue weighted by Crippen LogP contribution is -2.36. The molecule has 1 aliphatic rings. The molecule has 0 bridgehead atoms. The number of H-pyrrole nitrogens is 1. The van der Waals surface area contributed by atoms with Crippen LogP contribution in [0.5, 0.6) is 0 Å². The summed E-state index contributed by atoms with van der Waals surface area (Å²) in [7, 11) is 1.69. The molecule has 1 N–H and O–H groups in total. The smallest absolute Gasteiger partial charge is 0.223 e. The van der Waals surface area contributed by atoms with Crippen LogP contribution in [-0.4, -0.2) is 34.4 Å². The van der Waals surface area contributed by atoms with Gasteiger partial charge in [0.2, 0.25) is 5.91 Å². The maximum atomic E-state index is 12.4. The van der Waals surface area contributed by atoms with E-state index in [2.05, 4.69) is 9.97 Å². The van der Waals surface area contributed by atoms with Gasteiger partial charge in [-0.1, -0.05) is 0 Å². The normalized spacial score (nSPS) is 14.0. The summed E-state index contributed by atoms with van der Waals surface area (Å²) in [5.74, 6) is 0.206. The third-order valence-corrected chi connectivity index (χ3v) is 4.15. The lowest BCUT2D eigenvalue weighted by atomic mass is 9.97. The number of aromatic amines is 1. The van der Waals surface area contributed by atoms with Gasteiger partial charge in [0, 0.05) is 50.9 Å². The Labute approximate surface area is 130 Å². The molecule has 0 saturated carbocycles. The molecule has 0 unspecified atom stereocenters. The molecular weight excluding hydrogens is 278 g/mol. The monoisotopic (exact) mass is 299 g/mol. The Morgan fingerprint density at radius 2 is 2.36 bits per heavy atom. The number of aryl methyl sites for hydroxylation is 1. The van der Waals surface area contributed by atoms with Crippen LogP contribution in [0.1, 0.15) is 28.8 Å². The lowest BCUT2D eigenvalue weighted by Gasteiger charge is -2.30. The molecule has 2 aromatic rings. The molecule has 22 heavy (non-hydrogen) atoms. The van der Waals surface area contributed by atoms with Crippen molar-refractivity contribution in [3.63, 3.8) is 0 Å². The van der Waals surface area contributed by atoms with Crippen LogP contribution in [0.3, 0.4) is 0 Å².